The highest BCUT2D eigenvalue weighted by atomic mass is 16.3. The highest BCUT2D eigenvalue weighted by molar-refractivity contribution is 6.22. The predicted octanol–water partition coefficient (Wildman–Crippen LogP) is 0.281. The molecule has 1 aliphatic heterocycles. The van der Waals surface area contributed by atoms with Gasteiger partial charge in [-0.25, -0.2) is 0 Å². The van der Waals surface area contributed by atoms with Crippen molar-refractivity contribution in [2.45, 2.75) is 12.8 Å². The van der Waals surface area contributed by atoms with Crippen LogP contribution in [0.15, 0.2) is 18.2 Å². The van der Waals surface area contributed by atoms with Crippen LogP contribution in [0.2, 0.25) is 0 Å². The summed E-state index contributed by atoms with van der Waals surface area (Å²) in [6.45, 7) is -0.0471. The number of aliphatic hydroxyl groups is 1. The molecule has 6 nitrogen and oxygen atoms in total. The summed E-state index contributed by atoms with van der Waals surface area (Å²) in [5.74, 6) is -1.12. The first-order chi connectivity index (χ1) is 8.61. The first-order valence-electron chi connectivity index (χ1n) is 5.52. The van der Waals surface area contributed by atoms with Crippen LogP contribution in [-0.4, -0.2) is 29.4 Å². The van der Waals surface area contributed by atoms with Gasteiger partial charge >= 0.3 is 0 Å². The van der Waals surface area contributed by atoms with Gasteiger partial charge in [-0.2, -0.15) is 0 Å². The van der Waals surface area contributed by atoms with Crippen LogP contribution < -0.4 is 10.6 Å². The molecule has 6 heteroatoms. The summed E-state index contributed by atoms with van der Waals surface area (Å²) >= 11 is 0. The monoisotopic (exact) mass is 248 g/mol. The standard InChI is InChI=1S/C12H12N2O4/c15-5-1-2-10(16)13-7-3-4-8-9(6-7)12(18)14-11(8)17/h3-4,6,15H,1-2,5H2,(H,13,16)(H,14,17,18). The van der Waals surface area contributed by atoms with Crippen molar-refractivity contribution in [2.75, 3.05) is 11.9 Å². The van der Waals surface area contributed by atoms with Gasteiger partial charge in [0.25, 0.3) is 11.8 Å². The van der Waals surface area contributed by atoms with E-state index in [1.165, 1.54) is 12.1 Å². The average molecular weight is 248 g/mol. The Morgan fingerprint density at radius 3 is 2.67 bits per heavy atom. The highest BCUT2D eigenvalue weighted by Crippen LogP contribution is 2.20. The van der Waals surface area contributed by atoms with E-state index in [4.69, 9.17) is 5.11 Å². The Bertz CT molecular complexity index is 525. The number of fused-ring (bicyclic) bond motifs is 1. The Kier molecular flexibility index (Phi) is 3.38. The van der Waals surface area contributed by atoms with Crippen LogP contribution in [-0.2, 0) is 4.79 Å². The SMILES string of the molecule is O=C(CCCO)Nc1ccc2c(c1)C(=O)NC2=O. The van der Waals surface area contributed by atoms with E-state index in [1.54, 1.807) is 6.07 Å². The van der Waals surface area contributed by atoms with Crippen LogP contribution in [0.3, 0.4) is 0 Å². The van der Waals surface area contributed by atoms with Crippen LogP contribution in [0, 0.1) is 0 Å². The van der Waals surface area contributed by atoms with Crippen LogP contribution in [0.4, 0.5) is 5.69 Å². The number of anilines is 1. The Morgan fingerprint density at radius 1 is 1.22 bits per heavy atom. The molecule has 18 heavy (non-hydrogen) atoms. The van der Waals surface area contributed by atoms with Crippen molar-refractivity contribution >= 4 is 23.4 Å². The molecule has 0 radical (unpaired) electrons. The Labute approximate surface area is 103 Å². The van der Waals surface area contributed by atoms with E-state index in [9.17, 15) is 14.4 Å². The maximum Gasteiger partial charge on any atom is 0.259 e. The van der Waals surface area contributed by atoms with Gasteiger partial charge < -0.3 is 10.4 Å². The van der Waals surface area contributed by atoms with Crippen molar-refractivity contribution in [3.63, 3.8) is 0 Å². The maximum absolute atomic E-state index is 11.4. The van der Waals surface area contributed by atoms with E-state index < -0.39 is 11.8 Å². The summed E-state index contributed by atoms with van der Waals surface area (Å²) in [6, 6.07) is 4.53. The van der Waals surface area contributed by atoms with E-state index in [0.29, 0.717) is 17.7 Å². The molecule has 1 aromatic carbocycles. The normalized spacial score (nSPS) is 13.2. The minimum atomic E-state index is -0.457. The Balaban J connectivity index is 2.13. The summed E-state index contributed by atoms with van der Waals surface area (Å²) in [5.41, 5.74) is 1.04. The molecule has 1 aliphatic rings. The van der Waals surface area contributed by atoms with Crippen molar-refractivity contribution in [2.24, 2.45) is 0 Å². The number of amides is 3. The van der Waals surface area contributed by atoms with Gasteiger partial charge in [0.05, 0.1) is 11.1 Å². The quantitative estimate of drug-likeness (QED) is 0.667. The lowest BCUT2D eigenvalue weighted by Crippen LogP contribution is -2.19. The highest BCUT2D eigenvalue weighted by Gasteiger charge is 2.26. The number of benzene rings is 1. The van der Waals surface area contributed by atoms with Gasteiger partial charge in [-0.1, -0.05) is 0 Å². The lowest BCUT2D eigenvalue weighted by Gasteiger charge is -2.05. The van der Waals surface area contributed by atoms with Gasteiger partial charge in [-0.15, -0.1) is 0 Å². The van der Waals surface area contributed by atoms with Gasteiger partial charge in [-0.3, -0.25) is 19.7 Å². The van der Waals surface area contributed by atoms with Crippen molar-refractivity contribution in [3.8, 4) is 0 Å². The molecule has 0 unspecified atom stereocenters. The molecular weight excluding hydrogens is 236 g/mol. The Morgan fingerprint density at radius 2 is 1.94 bits per heavy atom. The number of carbonyl (C=O) groups is 3. The zero-order valence-corrected chi connectivity index (χ0v) is 9.53. The van der Waals surface area contributed by atoms with Gasteiger partial charge in [0.2, 0.25) is 5.91 Å². The zero-order valence-electron chi connectivity index (χ0n) is 9.53. The van der Waals surface area contributed by atoms with Crippen LogP contribution in [0.1, 0.15) is 33.6 Å². The third-order valence-electron chi connectivity index (χ3n) is 2.58. The average Bonchev–Trinajstić information content (AvgIpc) is 2.62. The van der Waals surface area contributed by atoms with E-state index in [0.717, 1.165) is 0 Å². The smallest absolute Gasteiger partial charge is 0.259 e. The van der Waals surface area contributed by atoms with E-state index in [2.05, 4.69) is 10.6 Å². The molecule has 0 spiro atoms. The second-order valence-corrected chi connectivity index (χ2v) is 3.92. The zero-order chi connectivity index (χ0) is 13.1. The van der Waals surface area contributed by atoms with Crippen LogP contribution in [0.5, 0.6) is 0 Å². The Hall–Kier alpha value is -2.21. The fourth-order valence-corrected chi connectivity index (χ4v) is 1.71. The van der Waals surface area contributed by atoms with Crippen molar-refractivity contribution in [1.29, 1.82) is 0 Å². The molecule has 0 saturated heterocycles. The molecule has 3 amide bonds. The number of imide groups is 1. The first kappa shape index (κ1) is 12.3. The molecule has 94 valence electrons. The number of carbonyl (C=O) groups excluding carboxylic acids is 3. The number of hydrogen-bond acceptors (Lipinski definition) is 4. The van der Waals surface area contributed by atoms with E-state index in [1.807, 2.05) is 0 Å². The fourth-order valence-electron chi connectivity index (χ4n) is 1.71. The van der Waals surface area contributed by atoms with Crippen molar-refractivity contribution in [1.82, 2.24) is 5.32 Å². The summed E-state index contributed by atoms with van der Waals surface area (Å²) in [7, 11) is 0. The predicted molar refractivity (Wildman–Crippen MR) is 63.2 cm³/mol. The van der Waals surface area contributed by atoms with Crippen LogP contribution >= 0.6 is 0 Å². The molecule has 0 aromatic heterocycles. The number of rotatable bonds is 4. The molecule has 3 N–H and O–H groups in total. The van der Waals surface area contributed by atoms with Gasteiger partial charge in [-0.05, 0) is 24.6 Å². The van der Waals surface area contributed by atoms with Gasteiger partial charge in [0, 0.05) is 18.7 Å². The van der Waals surface area contributed by atoms with E-state index in [-0.39, 0.29) is 24.5 Å². The van der Waals surface area contributed by atoms with Gasteiger partial charge in [0.15, 0.2) is 0 Å². The second kappa shape index (κ2) is 4.97. The summed E-state index contributed by atoms with van der Waals surface area (Å²) < 4.78 is 0. The molecule has 0 fully saturated rings. The topological polar surface area (TPSA) is 95.5 Å². The molecular formula is C12H12N2O4. The fraction of sp³-hybridized carbons (Fsp3) is 0.250. The third kappa shape index (κ3) is 2.38. The maximum atomic E-state index is 11.4. The summed E-state index contributed by atoms with van der Waals surface area (Å²) in [4.78, 5) is 34.1. The van der Waals surface area contributed by atoms with Crippen molar-refractivity contribution in [3.05, 3.63) is 29.3 Å². The van der Waals surface area contributed by atoms with Gasteiger partial charge in [0.1, 0.15) is 0 Å². The first-order valence-corrected chi connectivity index (χ1v) is 5.52. The minimum Gasteiger partial charge on any atom is -0.396 e. The molecule has 2 rings (SSSR count). The third-order valence-corrected chi connectivity index (χ3v) is 2.58. The minimum absolute atomic E-state index is 0.0471. The number of hydrogen-bond donors (Lipinski definition) is 3. The van der Waals surface area contributed by atoms with Crippen LogP contribution in [0.25, 0.3) is 0 Å². The molecule has 1 heterocycles. The second-order valence-electron chi connectivity index (χ2n) is 3.92. The molecule has 1 aromatic rings. The van der Waals surface area contributed by atoms with Crippen molar-refractivity contribution < 1.29 is 19.5 Å². The van der Waals surface area contributed by atoms with E-state index >= 15 is 0 Å². The molecule has 0 bridgehead atoms. The molecule has 0 saturated carbocycles. The number of aliphatic hydroxyl groups excluding tert-OH is 1. The lowest BCUT2D eigenvalue weighted by molar-refractivity contribution is -0.116. The lowest BCUT2D eigenvalue weighted by atomic mass is 10.1. The molecule has 0 aliphatic carbocycles. The molecule has 0 atom stereocenters. The summed E-state index contributed by atoms with van der Waals surface area (Å²) in [6.07, 6.45) is 0.592. The largest absolute Gasteiger partial charge is 0.396 e. The number of nitrogens with one attached hydrogen (secondary N) is 2. The summed E-state index contributed by atoms with van der Waals surface area (Å²) in [5, 5.41) is 13.4.